The summed E-state index contributed by atoms with van der Waals surface area (Å²) in [6.45, 7) is 0.697. The lowest BCUT2D eigenvalue weighted by molar-refractivity contribution is -0.191. The number of carbonyl (C=O) groups is 3. The predicted molar refractivity (Wildman–Crippen MR) is 80.1 cm³/mol. The summed E-state index contributed by atoms with van der Waals surface area (Å²) >= 11 is 16.4. The lowest BCUT2D eigenvalue weighted by atomic mass is 10.1. The van der Waals surface area contributed by atoms with Crippen LogP contribution in [0.4, 0.5) is 4.79 Å². The molecule has 0 bridgehead atoms. The molecular formula is C12H14Cl3NO7. The molecule has 0 saturated heterocycles. The van der Waals surface area contributed by atoms with Crippen molar-refractivity contribution in [3.05, 3.63) is 12.2 Å². The summed E-state index contributed by atoms with van der Waals surface area (Å²) < 4.78 is 17.6. The fourth-order valence-electron chi connectivity index (χ4n) is 1.58. The van der Waals surface area contributed by atoms with Crippen LogP contribution in [0.25, 0.3) is 0 Å². The van der Waals surface area contributed by atoms with E-state index in [0.717, 1.165) is 7.11 Å². The number of ether oxygens (including phenoxy) is 4. The molecule has 0 fully saturated rings. The quantitative estimate of drug-likeness (QED) is 0.336. The Labute approximate surface area is 146 Å². The van der Waals surface area contributed by atoms with Crippen LogP contribution >= 0.6 is 34.8 Å². The minimum absolute atomic E-state index is 0.486. The molecule has 1 rings (SSSR count). The number of alkyl halides is 3. The van der Waals surface area contributed by atoms with Gasteiger partial charge in [0.2, 0.25) is 10.1 Å². The molecule has 23 heavy (non-hydrogen) atoms. The average molecular weight is 391 g/mol. The normalized spacial score (nSPS) is 23.8. The van der Waals surface area contributed by atoms with Gasteiger partial charge in [0.15, 0.2) is 6.10 Å². The molecule has 1 N–H and O–H groups in total. The van der Waals surface area contributed by atoms with Gasteiger partial charge >= 0.3 is 18.0 Å². The summed E-state index contributed by atoms with van der Waals surface area (Å²) in [5.41, 5.74) is 0. The second kappa shape index (κ2) is 8.58. The SMILES string of the molecule is COC(=O)[C@H]1OC(OC(C)=O)C=C[C@@H]1NC(=O)OCC(Cl)(Cl)Cl. The molecule has 1 unspecified atom stereocenters. The zero-order valence-electron chi connectivity index (χ0n) is 12.1. The number of rotatable bonds is 4. The van der Waals surface area contributed by atoms with Crippen molar-refractivity contribution in [3.63, 3.8) is 0 Å². The van der Waals surface area contributed by atoms with E-state index in [9.17, 15) is 14.4 Å². The molecule has 1 amide bonds. The Morgan fingerprint density at radius 1 is 1.26 bits per heavy atom. The third-order valence-corrected chi connectivity index (χ3v) is 2.78. The number of hydrogen-bond donors (Lipinski definition) is 1. The Hall–Kier alpha value is -1.22. The van der Waals surface area contributed by atoms with Crippen molar-refractivity contribution < 1.29 is 33.3 Å². The van der Waals surface area contributed by atoms with Crippen LogP contribution in [0.2, 0.25) is 0 Å². The van der Waals surface area contributed by atoms with Gasteiger partial charge in [0, 0.05) is 6.92 Å². The van der Waals surface area contributed by atoms with Crippen molar-refractivity contribution >= 4 is 52.8 Å². The first kappa shape index (κ1) is 19.8. The Morgan fingerprint density at radius 3 is 2.43 bits per heavy atom. The summed E-state index contributed by atoms with van der Waals surface area (Å²) in [6.07, 6.45) is -0.508. The highest BCUT2D eigenvalue weighted by atomic mass is 35.6. The van der Waals surface area contributed by atoms with Crippen molar-refractivity contribution in [2.75, 3.05) is 13.7 Å². The minimum Gasteiger partial charge on any atom is -0.467 e. The molecule has 1 heterocycles. The first-order chi connectivity index (χ1) is 10.6. The molecule has 0 aliphatic carbocycles. The van der Waals surface area contributed by atoms with Crippen LogP contribution in [0.3, 0.4) is 0 Å². The van der Waals surface area contributed by atoms with E-state index in [1.54, 1.807) is 0 Å². The van der Waals surface area contributed by atoms with Gasteiger partial charge in [0.05, 0.1) is 13.2 Å². The highest BCUT2D eigenvalue weighted by molar-refractivity contribution is 6.67. The lowest BCUT2D eigenvalue weighted by Gasteiger charge is -2.30. The molecule has 3 atom stereocenters. The fraction of sp³-hybridized carbons (Fsp3) is 0.583. The molecule has 11 heteroatoms. The van der Waals surface area contributed by atoms with Gasteiger partial charge in [-0.05, 0) is 6.08 Å². The fourth-order valence-corrected chi connectivity index (χ4v) is 1.75. The van der Waals surface area contributed by atoms with Gasteiger partial charge in [-0.1, -0.05) is 40.9 Å². The van der Waals surface area contributed by atoms with E-state index in [2.05, 4.69) is 14.8 Å². The molecule has 130 valence electrons. The van der Waals surface area contributed by atoms with Crippen LogP contribution in [-0.4, -0.2) is 54.0 Å². The number of amides is 1. The number of methoxy groups -OCH3 is 1. The number of nitrogens with one attached hydrogen (secondary N) is 1. The topological polar surface area (TPSA) is 100 Å². The van der Waals surface area contributed by atoms with E-state index < -0.39 is 46.9 Å². The van der Waals surface area contributed by atoms with E-state index in [0.29, 0.717) is 0 Å². The molecule has 1 aliphatic rings. The van der Waals surface area contributed by atoms with Crippen LogP contribution in [-0.2, 0) is 28.5 Å². The van der Waals surface area contributed by atoms with E-state index in [1.807, 2.05) is 0 Å². The average Bonchev–Trinajstić information content (AvgIpc) is 2.44. The Balaban J connectivity index is 2.71. The van der Waals surface area contributed by atoms with E-state index >= 15 is 0 Å². The van der Waals surface area contributed by atoms with E-state index in [-0.39, 0.29) is 0 Å². The summed E-state index contributed by atoms with van der Waals surface area (Å²) in [4.78, 5) is 34.3. The van der Waals surface area contributed by atoms with Crippen molar-refractivity contribution in [2.45, 2.75) is 29.2 Å². The number of alkyl carbamates (subject to hydrolysis) is 1. The van der Waals surface area contributed by atoms with Crippen LogP contribution in [0.15, 0.2) is 12.2 Å². The number of esters is 2. The third kappa shape index (κ3) is 7.26. The van der Waals surface area contributed by atoms with E-state index in [1.165, 1.54) is 19.1 Å². The van der Waals surface area contributed by atoms with Gasteiger partial charge < -0.3 is 24.3 Å². The second-order valence-corrected chi connectivity index (χ2v) is 6.82. The first-order valence-corrected chi connectivity index (χ1v) is 7.34. The largest absolute Gasteiger partial charge is 0.467 e. The molecule has 0 spiro atoms. The third-order valence-electron chi connectivity index (χ3n) is 2.45. The van der Waals surface area contributed by atoms with Gasteiger partial charge in [-0.15, -0.1) is 0 Å². The van der Waals surface area contributed by atoms with Gasteiger partial charge in [-0.3, -0.25) is 4.79 Å². The van der Waals surface area contributed by atoms with Crippen LogP contribution in [0.1, 0.15) is 6.92 Å². The summed E-state index contributed by atoms with van der Waals surface area (Å²) in [7, 11) is 1.14. The summed E-state index contributed by atoms with van der Waals surface area (Å²) in [5.74, 6) is -1.38. The standard InChI is InChI=1S/C12H14Cl3NO7/c1-6(17)22-8-4-3-7(9(23-8)10(18)20-2)16-11(19)21-5-12(13,14)15/h3-4,7-9H,5H2,1-2H3,(H,16,19)/t7-,8?,9-/m0/s1. The maximum absolute atomic E-state index is 11.7. The molecular weight excluding hydrogens is 376 g/mol. The Bertz CT molecular complexity index is 492. The molecule has 8 nitrogen and oxygen atoms in total. The molecule has 0 aromatic rings. The zero-order chi connectivity index (χ0) is 17.6. The number of hydrogen-bond acceptors (Lipinski definition) is 7. The van der Waals surface area contributed by atoms with Crippen molar-refractivity contribution in [3.8, 4) is 0 Å². The highest BCUT2D eigenvalue weighted by Crippen LogP contribution is 2.26. The van der Waals surface area contributed by atoms with Crippen LogP contribution in [0, 0.1) is 0 Å². The maximum atomic E-state index is 11.7. The number of carbonyl (C=O) groups excluding carboxylic acids is 3. The maximum Gasteiger partial charge on any atom is 0.407 e. The van der Waals surface area contributed by atoms with Crippen molar-refractivity contribution in [1.29, 1.82) is 0 Å². The zero-order valence-corrected chi connectivity index (χ0v) is 14.4. The predicted octanol–water partition coefficient (Wildman–Crippen LogP) is 1.47. The molecule has 0 aromatic carbocycles. The molecule has 0 aromatic heterocycles. The van der Waals surface area contributed by atoms with E-state index in [4.69, 9.17) is 44.3 Å². The molecule has 0 saturated carbocycles. The molecule has 1 aliphatic heterocycles. The Morgan fingerprint density at radius 2 is 1.91 bits per heavy atom. The molecule has 0 radical (unpaired) electrons. The minimum atomic E-state index is -1.77. The summed E-state index contributed by atoms with van der Waals surface area (Å²) in [5, 5.41) is 2.34. The second-order valence-electron chi connectivity index (χ2n) is 4.30. The first-order valence-electron chi connectivity index (χ1n) is 6.21. The van der Waals surface area contributed by atoms with Gasteiger partial charge in [0.25, 0.3) is 0 Å². The van der Waals surface area contributed by atoms with Gasteiger partial charge in [-0.25, -0.2) is 9.59 Å². The Kier molecular flexibility index (Phi) is 7.40. The monoisotopic (exact) mass is 389 g/mol. The van der Waals surface area contributed by atoms with Gasteiger partial charge in [-0.2, -0.15) is 0 Å². The highest BCUT2D eigenvalue weighted by Gasteiger charge is 2.36. The van der Waals surface area contributed by atoms with Crippen molar-refractivity contribution in [1.82, 2.24) is 5.32 Å². The smallest absolute Gasteiger partial charge is 0.407 e. The number of halogens is 3. The van der Waals surface area contributed by atoms with Crippen LogP contribution in [0.5, 0.6) is 0 Å². The van der Waals surface area contributed by atoms with Crippen molar-refractivity contribution in [2.24, 2.45) is 0 Å². The van der Waals surface area contributed by atoms with Crippen LogP contribution < -0.4 is 5.32 Å². The van der Waals surface area contributed by atoms with Gasteiger partial charge in [0.1, 0.15) is 6.61 Å². The summed E-state index contributed by atoms with van der Waals surface area (Å²) in [6, 6.07) is -0.919. The lowest BCUT2D eigenvalue weighted by Crippen LogP contribution is -2.51.